The maximum atomic E-state index is 8.44. The predicted molar refractivity (Wildman–Crippen MR) is 59.5 cm³/mol. The molecule has 0 saturated carbocycles. The number of aromatic nitrogens is 2. The summed E-state index contributed by atoms with van der Waals surface area (Å²) in [6, 6.07) is 3.95. The van der Waals surface area contributed by atoms with Crippen LogP contribution in [-0.2, 0) is 0 Å². The standard InChI is InChI=1S/C11H16N4/c1-3-9(4-2)10-7-11(13-6-5-12)15-8-14-10/h7-9H,3-4,6H2,1-2H3,(H,13,14,15). The van der Waals surface area contributed by atoms with Gasteiger partial charge in [0.2, 0.25) is 0 Å². The predicted octanol–water partition coefficient (Wildman–Crippen LogP) is 2.32. The van der Waals surface area contributed by atoms with Crippen molar-refractivity contribution >= 4 is 5.82 Å². The zero-order valence-electron chi connectivity index (χ0n) is 9.20. The van der Waals surface area contributed by atoms with Crippen molar-refractivity contribution in [3.05, 3.63) is 18.1 Å². The maximum absolute atomic E-state index is 8.44. The van der Waals surface area contributed by atoms with E-state index < -0.39 is 0 Å². The van der Waals surface area contributed by atoms with Crippen LogP contribution in [0.3, 0.4) is 0 Å². The van der Waals surface area contributed by atoms with Gasteiger partial charge in [-0.25, -0.2) is 9.97 Å². The number of anilines is 1. The number of nitrogens with zero attached hydrogens (tertiary/aromatic N) is 3. The van der Waals surface area contributed by atoms with Crippen LogP contribution in [0.25, 0.3) is 0 Å². The van der Waals surface area contributed by atoms with E-state index in [1.54, 1.807) is 6.33 Å². The van der Waals surface area contributed by atoms with Crippen molar-refractivity contribution in [3.8, 4) is 6.07 Å². The van der Waals surface area contributed by atoms with Crippen molar-refractivity contribution in [2.45, 2.75) is 32.6 Å². The second-order valence-corrected chi connectivity index (χ2v) is 3.35. The van der Waals surface area contributed by atoms with Crippen LogP contribution in [0.1, 0.15) is 38.3 Å². The number of hydrogen-bond donors (Lipinski definition) is 1. The lowest BCUT2D eigenvalue weighted by atomic mass is 9.99. The van der Waals surface area contributed by atoms with Gasteiger partial charge in [-0.15, -0.1) is 0 Å². The molecule has 0 saturated heterocycles. The van der Waals surface area contributed by atoms with Gasteiger partial charge >= 0.3 is 0 Å². The Balaban J connectivity index is 2.77. The van der Waals surface area contributed by atoms with Crippen LogP contribution < -0.4 is 5.32 Å². The Bertz CT molecular complexity index is 339. The van der Waals surface area contributed by atoms with E-state index in [4.69, 9.17) is 5.26 Å². The summed E-state index contributed by atoms with van der Waals surface area (Å²) < 4.78 is 0. The van der Waals surface area contributed by atoms with E-state index >= 15 is 0 Å². The minimum Gasteiger partial charge on any atom is -0.357 e. The van der Waals surface area contributed by atoms with Gasteiger partial charge in [0, 0.05) is 17.7 Å². The van der Waals surface area contributed by atoms with E-state index in [-0.39, 0.29) is 6.54 Å². The summed E-state index contributed by atoms with van der Waals surface area (Å²) in [5.74, 6) is 1.21. The Morgan fingerprint density at radius 2 is 2.13 bits per heavy atom. The van der Waals surface area contributed by atoms with E-state index in [0.29, 0.717) is 5.92 Å². The topological polar surface area (TPSA) is 61.6 Å². The second kappa shape index (κ2) is 5.97. The van der Waals surface area contributed by atoms with Crippen molar-refractivity contribution < 1.29 is 0 Å². The molecule has 80 valence electrons. The summed E-state index contributed by atoms with van der Waals surface area (Å²) in [7, 11) is 0. The summed E-state index contributed by atoms with van der Waals surface area (Å²) in [6.07, 6.45) is 3.70. The summed E-state index contributed by atoms with van der Waals surface area (Å²) in [4.78, 5) is 8.31. The van der Waals surface area contributed by atoms with E-state index in [0.717, 1.165) is 24.4 Å². The van der Waals surface area contributed by atoms with Gasteiger partial charge in [0.15, 0.2) is 0 Å². The summed E-state index contributed by atoms with van der Waals surface area (Å²) >= 11 is 0. The highest BCUT2D eigenvalue weighted by atomic mass is 15.0. The Morgan fingerprint density at radius 3 is 2.73 bits per heavy atom. The Kier molecular flexibility index (Phi) is 4.55. The molecule has 0 aliphatic carbocycles. The third-order valence-corrected chi connectivity index (χ3v) is 2.44. The third-order valence-electron chi connectivity index (χ3n) is 2.44. The Hall–Kier alpha value is -1.63. The molecule has 1 rings (SSSR count). The average Bonchev–Trinajstić information content (AvgIpc) is 2.29. The molecule has 1 N–H and O–H groups in total. The van der Waals surface area contributed by atoms with E-state index in [1.807, 2.05) is 12.1 Å². The monoisotopic (exact) mass is 204 g/mol. The van der Waals surface area contributed by atoms with Crippen LogP contribution >= 0.6 is 0 Å². The zero-order chi connectivity index (χ0) is 11.1. The van der Waals surface area contributed by atoms with Crippen LogP contribution in [0, 0.1) is 11.3 Å². The van der Waals surface area contributed by atoms with Gasteiger partial charge in [0.1, 0.15) is 18.7 Å². The molecule has 0 spiro atoms. The number of hydrogen-bond acceptors (Lipinski definition) is 4. The van der Waals surface area contributed by atoms with Crippen molar-refractivity contribution in [1.29, 1.82) is 5.26 Å². The molecule has 0 amide bonds. The van der Waals surface area contributed by atoms with Crippen LogP contribution in [0.5, 0.6) is 0 Å². The number of nitriles is 1. The largest absolute Gasteiger partial charge is 0.357 e. The molecule has 0 atom stereocenters. The Labute approximate surface area is 90.4 Å². The lowest BCUT2D eigenvalue weighted by Crippen LogP contribution is -2.05. The van der Waals surface area contributed by atoms with Crippen molar-refractivity contribution in [2.75, 3.05) is 11.9 Å². The first-order valence-electron chi connectivity index (χ1n) is 5.24. The lowest BCUT2D eigenvalue weighted by molar-refractivity contribution is 0.621. The zero-order valence-corrected chi connectivity index (χ0v) is 9.20. The number of nitrogens with one attached hydrogen (secondary N) is 1. The summed E-state index contributed by atoms with van der Waals surface area (Å²) in [5, 5.41) is 11.4. The highest BCUT2D eigenvalue weighted by Crippen LogP contribution is 2.21. The fraction of sp³-hybridized carbons (Fsp3) is 0.545. The molecule has 0 radical (unpaired) electrons. The molecule has 0 aliphatic rings. The molecule has 0 aromatic carbocycles. The highest BCUT2D eigenvalue weighted by molar-refractivity contribution is 5.36. The SMILES string of the molecule is CCC(CC)c1cc(NCC#N)ncn1. The van der Waals surface area contributed by atoms with E-state index in [2.05, 4.69) is 29.1 Å². The molecule has 0 unspecified atom stereocenters. The van der Waals surface area contributed by atoms with Gasteiger partial charge in [-0.2, -0.15) is 5.26 Å². The molecule has 0 bridgehead atoms. The maximum Gasteiger partial charge on any atom is 0.130 e. The molecule has 1 aromatic rings. The van der Waals surface area contributed by atoms with E-state index in [1.165, 1.54) is 0 Å². The van der Waals surface area contributed by atoms with Crippen molar-refractivity contribution in [3.63, 3.8) is 0 Å². The minimum atomic E-state index is 0.277. The van der Waals surface area contributed by atoms with Crippen molar-refractivity contribution in [2.24, 2.45) is 0 Å². The van der Waals surface area contributed by atoms with Gasteiger partial charge in [-0.3, -0.25) is 0 Å². The van der Waals surface area contributed by atoms with Gasteiger partial charge in [-0.05, 0) is 12.8 Å². The molecular formula is C11H16N4. The molecule has 1 heterocycles. The van der Waals surface area contributed by atoms with Gasteiger partial charge in [0.05, 0.1) is 6.07 Å². The summed E-state index contributed by atoms with van der Waals surface area (Å²) in [5.41, 5.74) is 1.05. The fourth-order valence-corrected chi connectivity index (χ4v) is 1.53. The smallest absolute Gasteiger partial charge is 0.130 e. The first kappa shape index (κ1) is 11.4. The minimum absolute atomic E-state index is 0.277. The van der Waals surface area contributed by atoms with Crippen molar-refractivity contribution in [1.82, 2.24) is 9.97 Å². The third kappa shape index (κ3) is 3.21. The Morgan fingerprint density at radius 1 is 1.40 bits per heavy atom. The fourth-order valence-electron chi connectivity index (χ4n) is 1.53. The molecule has 15 heavy (non-hydrogen) atoms. The second-order valence-electron chi connectivity index (χ2n) is 3.35. The van der Waals surface area contributed by atoms with Crippen LogP contribution in [0.4, 0.5) is 5.82 Å². The van der Waals surface area contributed by atoms with Crippen LogP contribution in [0.15, 0.2) is 12.4 Å². The molecule has 4 heteroatoms. The summed E-state index contributed by atoms with van der Waals surface area (Å²) in [6.45, 7) is 4.58. The quantitative estimate of drug-likeness (QED) is 0.748. The first-order chi connectivity index (χ1) is 7.31. The number of rotatable bonds is 5. The van der Waals surface area contributed by atoms with Gasteiger partial charge in [0.25, 0.3) is 0 Å². The molecule has 4 nitrogen and oxygen atoms in total. The van der Waals surface area contributed by atoms with E-state index in [9.17, 15) is 0 Å². The van der Waals surface area contributed by atoms with Gasteiger partial charge < -0.3 is 5.32 Å². The average molecular weight is 204 g/mol. The molecular weight excluding hydrogens is 188 g/mol. The molecule has 1 aromatic heterocycles. The van der Waals surface area contributed by atoms with Gasteiger partial charge in [-0.1, -0.05) is 13.8 Å². The highest BCUT2D eigenvalue weighted by Gasteiger charge is 2.08. The lowest BCUT2D eigenvalue weighted by Gasteiger charge is -2.12. The molecule has 0 fully saturated rings. The normalized spacial score (nSPS) is 10.0. The first-order valence-corrected chi connectivity index (χ1v) is 5.24. The van der Waals surface area contributed by atoms with Crippen LogP contribution in [0.2, 0.25) is 0 Å². The van der Waals surface area contributed by atoms with Crippen LogP contribution in [-0.4, -0.2) is 16.5 Å². The molecule has 0 aliphatic heterocycles.